The smallest absolute Gasteiger partial charge is 0.245 e. The number of nitrogens with one attached hydrogen (secondary N) is 2. The number of aromatic hydroxyl groups is 1. The molecular weight excluding hydrogens is 260 g/mol. The lowest BCUT2D eigenvalue weighted by Crippen LogP contribution is -2.51. The fraction of sp³-hybridized carbons (Fsp3) is 0.429. The van der Waals surface area contributed by atoms with Gasteiger partial charge in [0.05, 0.1) is 12.7 Å². The number of carbonyl (C=O) groups is 2. The minimum atomic E-state index is -0.775. The van der Waals surface area contributed by atoms with Crippen molar-refractivity contribution in [2.24, 2.45) is 0 Å². The van der Waals surface area contributed by atoms with E-state index in [-0.39, 0.29) is 24.2 Å². The number of benzene rings is 1. The zero-order valence-electron chi connectivity index (χ0n) is 11.8. The van der Waals surface area contributed by atoms with Crippen LogP contribution in [0.15, 0.2) is 24.3 Å². The third-order valence-electron chi connectivity index (χ3n) is 2.85. The molecule has 0 aliphatic heterocycles. The molecule has 1 aromatic rings. The summed E-state index contributed by atoms with van der Waals surface area (Å²) < 4.78 is 5.56. The molecule has 0 fully saturated rings. The van der Waals surface area contributed by atoms with Gasteiger partial charge in [-0.25, -0.2) is 0 Å². The summed E-state index contributed by atoms with van der Waals surface area (Å²) >= 11 is 0. The van der Waals surface area contributed by atoms with E-state index in [9.17, 15) is 14.7 Å². The van der Waals surface area contributed by atoms with Gasteiger partial charge in [-0.2, -0.15) is 0 Å². The van der Waals surface area contributed by atoms with Crippen molar-refractivity contribution < 1.29 is 19.4 Å². The number of ether oxygens (including phenoxy) is 1. The van der Waals surface area contributed by atoms with E-state index < -0.39 is 12.1 Å². The molecule has 3 N–H and O–H groups in total. The topological polar surface area (TPSA) is 87.7 Å². The Morgan fingerprint density at radius 2 is 2.00 bits per heavy atom. The summed E-state index contributed by atoms with van der Waals surface area (Å²) in [6.07, 6.45) is -0.529. The second-order valence-corrected chi connectivity index (χ2v) is 4.44. The highest BCUT2D eigenvalue weighted by atomic mass is 16.5. The molecule has 20 heavy (non-hydrogen) atoms. The summed E-state index contributed by atoms with van der Waals surface area (Å²) in [5.74, 6) is -0.502. The Balaban J connectivity index is 2.66. The molecule has 0 bridgehead atoms. The first-order valence-corrected chi connectivity index (χ1v) is 6.33. The number of phenols is 1. The maximum Gasteiger partial charge on any atom is 0.245 e. The Kier molecular flexibility index (Phi) is 5.99. The second-order valence-electron chi connectivity index (χ2n) is 4.44. The SMILES string of the molecule is CNC(=O)C(NC(C)=O)C(C)OCc1ccccc1O. The van der Waals surface area contributed by atoms with Crippen molar-refractivity contribution in [3.8, 4) is 5.75 Å². The van der Waals surface area contributed by atoms with Crippen LogP contribution in [-0.2, 0) is 20.9 Å². The maximum atomic E-state index is 11.7. The molecule has 0 saturated heterocycles. The number of likely N-dealkylation sites (N-methyl/N-ethyl adjacent to an activating group) is 1. The lowest BCUT2D eigenvalue weighted by atomic mass is 10.1. The van der Waals surface area contributed by atoms with E-state index in [1.165, 1.54) is 14.0 Å². The molecular formula is C14H20N2O4. The van der Waals surface area contributed by atoms with Crippen molar-refractivity contribution in [1.82, 2.24) is 10.6 Å². The van der Waals surface area contributed by atoms with Crippen LogP contribution in [0, 0.1) is 0 Å². The van der Waals surface area contributed by atoms with Gasteiger partial charge in [0.2, 0.25) is 11.8 Å². The predicted octanol–water partition coefficient (Wildman–Crippen LogP) is 0.548. The number of rotatable bonds is 6. The normalized spacial score (nSPS) is 13.3. The summed E-state index contributed by atoms with van der Waals surface area (Å²) in [6.45, 7) is 3.18. The second kappa shape index (κ2) is 7.49. The third-order valence-corrected chi connectivity index (χ3v) is 2.85. The molecule has 110 valence electrons. The van der Waals surface area contributed by atoms with Crippen molar-refractivity contribution in [3.05, 3.63) is 29.8 Å². The molecule has 0 spiro atoms. The molecule has 0 aliphatic carbocycles. The van der Waals surface area contributed by atoms with Gasteiger partial charge in [0.15, 0.2) is 0 Å². The van der Waals surface area contributed by atoms with Crippen molar-refractivity contribution in [2.75, 3.05) is 7.05 Å². The van der Waals surface area contributed by atoms with E-state index in [2.05, 4.69) is 10.6 Å². The number of hydrogen-bond donors (Lipinski definition) is 3. The van der Waals surface area contributed by atoms with Crippen LogP contribution >= 0.6 is 0 Å². The number of hydrogen-bond acceptors (Lipinski definition) is 4. The van der Waals surface area contributed by atoms with Gasteiger partial charge >= 0.3 is 0 Å². The number of amides is 2. The molecule has 1 aromatic carbocycles. The average molecular weight is 280 g/mol. The molecule has 2 amide bonds. The van der Waals surface area contributed by atoms with Crippen LogP contribution in [0.2, 0.25) is 0 Å². The molecule has 0 aliphatic rings. The minimum Gasteiger partial charge on any atom is -0.508 e. The zero-order valence-corrected chi connectivity index (χ0v) is 11.8. The van der Waals surface area contributed by atoms with Crippen molar-refractivity contribution in [3.63, 3.8) is 0 Å². The van der Waals surface area contributed by atoms with Gasteiger partial charge in [-0.1, -0.05) is 18.2 Å². The van der Waals surface area contributed by atoms with Crippen LogP contribution in [0.25, 0.3) is 0 Å². The van der Waals surface area contributed by atoms with Crippen LogP contribution in [-0.4, -0.2) is 36.1 Å². The molecule has 2 atom stereocenters. The van der Waals surface area contributed by atoms with Crippen LogP contribution in [0.1, 0.15) is 19.4 Å². The number of phenolic OH excluding ortho intramolecular Hbond substituents is 1. The van der Waals surface area contributed by atoms with Gasteiger partial charge in [-0.05, 0) is 13.0 Å². The van der Waals surface area contributed by atoms with E-state index in [4.69, 9.17) is 4.74 Å². The Morgan fingerprint density at radius 1 is 1.35 bits per heavy atom. The average Bonchev–Trinajstić information content (AvgIpc) is 2.42. The van der Waals surface area contributed by atoms with Gasteiger partial charge in [0.25, 0.3) is 0 Å². The van der Waals surface area contributed by atoms with Gasteiger partial charge in [0, 0.05) is 19.5 Å². The summed E-state index contributed by atoms with van der Waals surface area (Å²) in [4.78, 5) is 22.8. The van der Waals surface area contributed by atoms with Crippen LogP contribution < -0.4 is 10.6 Å². The Labute approximate surface area is 118 Å². The molecule has 0 saturated carbocycles. The van der Waals surface area contributed by atoms with Gasteiger partial charge in [0.1, 0.15) is 11.8 Å². The monoisotopic (exact) mass is 280 g/mol. The zero-order chi connectivity index (χ0) is 15.1. The lowest BCUT2D eigenvalue weighted by molar-refractivity contribution is -0.132. The van der Waals surface area contributed by atoms with E-state index in [1.54, 1.807) is 31.2 Å². The standard InChI is InChI=1S/C14H20N2O4/c1-9(13(14(19)15-3)16-10(2)17)20-8-11-6-4-5-7-12(11)18/h4-7,9,13,18H,8H2,1-3H3,(H,15,19)(H,16,17). The summed E-state index contributed by atoms with van der Waals surface area (Å²) in [6, 6.07) is 6.02. The van der Waals surface area contributed by atoms with Gasteiger partial charge in [-0.3, -0.25) is 9.59 Å². The molecule has 2 unspecified atom stereocenters. The van der Waals surface area contributed by atoms with Crippen molar-refractivity contribution in [2.45, 2.75) is 32.6 Å². The van der Waals surface area contributed by atoms with Gasteiger partial charge in [-0.15, -0.1) is 0 Å². The molecule has 1 rings (SSSR count). The Hall–Kier alpha value is -2.08. The summed E-state index contributed by atoms with van der Waals surface area (Å²) in [5.41, 5.74) is 0.623. The fourth-order valence-corrected chi connectivity index (χ4v) is 1.72. The molecule has 0 heterocycles. The van der Waals surface area contributed by atoms with E-state index in [1.807, 2.05) is 0 Å². The molecule has 6 heteroatoms. The summed E-state index contributed by atoms with van der Waals surface area (Å²) in [7, 11) is 1.49. The first kappa shape index (κ1) is 16.0. The highest BCUT2D eigenvalue weighted by molar-refractivity contribution is 5.87. The van der Waals surface area contributed by atoms with Crippen LogP contribution in [0.5, 0.6) is 5.75 Å². The molecule has 6 nitrogen and oxygen atoms in total. The number of carbonyl (C=O) groups excluding carboxylic acids is 2. The van der Waals surface area contributed by atoms with Gasteiger partial charge < -0.3 is 20.5 Å². The number of para-hydroxylation sites is 1. The molecule has 0 radical (unpaired) electrons. The Bertz CT molecular complexity index is 476. The highest BCUT2D eigenvalue weighted by Gasteiger charge is 2.25. The first-order valence-electron chi connectivity index (χ1n) is 6.33. The van der Waals surface area contributed by atoms with E-state index in [0.717, 1.165) is 0 Å². The quantitative estimate of drug-likeness (QED) is 0.710. The third kappa shape index (κ3) is 4.55. The maximum absolute atomic E-state index is 11.7. The minimum absolute atomic E-state index is 0.135. The van der Waals surface area contributed by atoms with Crippen LogP contribution in [0.3, 0.4) is 0 Å². The fourth-order valence-electron chi connectivity index (χ4n) is 1.72. The molecule has 0 aromatic heterocycles. The highest BCUT2D eigenvalue weighted by Crippen LogP contribution is 2.17. The van der Waals surface area contributed by atoms with Crippen molar-refractivity contribution >= 4 is 11.8 Å². The van der Waals surface area contributed by atoms with E-state index in [0.29, 0.717) is 5.56 Å². The predicted molar refractivity (Wildman–Crippen MR) is 74.0 cm³/mol. The van der Waals surface area contributed by atoms with E-state index >= 15 is 0 Å². The summed E-state index contributed by atoms with van der Waals surface area (Å²) in [5, 5.41) is 14.7. The van der Waals surface area contributed by atoms with Crippen LogP contribution in [0.4, 0.5) is 0 Å². The Morgan fingerprint density at radius 3 is 2.55 bits per heavy atom. The largest absolute Gasteiger partial charge is 0.508 e. The lowest BCUT2D eigenvalue weighted by Gasteiger charge is -2.23. The first-order chi connectivity index (χ1) is 9.45. The van der Waals surface area contributed by atoms with Crippen molar-refractivity contribution in [1.29, 1.82) is 0 Å².